The van der Waals surface area contributed by atoms with Gasteiger partial charge in [0, 0.05) is 6.42 Å². The fourth-order valence-corrected chi connectivity index (χ4v) is 0.929. The van der Waals surface area contributed by atoms with Crippen LogP contribution in [0.15, 0.2) is 30.8 Å². The Morgan fingerprint density at radius 2 is 1.91 bits per heavy atom. The lowest BCUT2D eigenvalue weighted by atomic mass is 10.1. The summed E-state index contributed by atoms with van der Waals surface area (Å²) in [5.41, 5.74) is 2.12. The molecule has 0 amide bonds. The average molecular weight is 150 g/mol. The van der Waals surface area contributed by atoms with Crippen LogP contribution in [0.5, 0.6) is 0 Å². The molecule has 0 aliphatic carbocycles. The molecule has 0 unspecified atom stereocenters. The quantitative estimate of drug-likeness (QED) is 0.621. The summed E-state index contributed by atoms with van der Waals surface area (Å²) in [5.74, 6) is 0. The van der Waals surface area contributed by atoms with Gasteiger partial charge in [0.25, 0.3) is 0 Å². The van der Waals surface area contributed by atoms with E-state index in [-0.39, 0.29) is 6.67 Å². The zero-order valence-corrected chi connectivity index (χ0v) is 6.39. The Labute approximate surface area is 66.4 Å². The van der Waals surface area contributed by atoms with Gasteiger partial charge in [0.15, 0.2) is 0 Å². The maximum Gasteiger partial charge on any atom is 0.0934 e. The summed E-state index contributed by atoms with van der Waals surface area (Å²) in [6.07, 6.45) is 2.29. The van der Waals surface area contributed by atoms with Crippen LogP contribution in [-0.4, -0.2) is 6.67 Å². The van der Waals surface area contributed by atoms with E-state index in [1.54, 1.807) is 6.08 Å². The first-order valence-electron chi connectivity index (χ1n) is 3.64. The van der Waals surface area contributed by atoms with Crippen LogP contribution in [0.1, 0.15) is 11.1 Å². The summed E-state index contributed by atoms with van der Waals surface area (Å²) < 4.78 is 11.8. The minimum atomic E-state index is -0.284. The van der Waals surface area contributed by atoms with Gasteiger partial charge in [-0.1, -0.05) is 36.9 Å². The van der Waals surface area contributed by atoms with Gasteiger partial charge < -0.3 is 0 Å². The fraction of sp³-hybridized carbons (Fsp3) is 0.200. The molecule has 0 aliphatic heterocycles. The van der Waals surface area contributed by atoms with Crippen molar-refractivity contribution in [1.29, 1.82) is 0 Å². The second kappa shape index (κ2) is 3.91. The van der Waals surface area contributed by atoms with E-state index in [2.05, 4.69) is 6.58 Å². The van der Waals surface area contributed by atoms with E-state index in [0.29, 0.717) is 6.42 Å². The first kappa shape index (κ1) is 7.99. The van der Waals surface area contributed by atoms with E-state index in [1.807, 2.05) is 24.3 Å². The highest BCUT2D eigenvalue weighted by atomic mass is 19.1. The Kier molecular flexibility index (Phi) is 2.84. The third kappa shape index (κ3) is 2.19. The molecule has 0 atom stereocenters. The molecule has 0 N–H and O–H groups in total. The number of rotatable bonds is 3. The molecule has 0 saturated heterocycles. The number of hydrogen-bond donors (Lipinski definition) is 0. The largest absolute Gasteiger partial charge is 0.251 e. The third-order valence-corrected chi connectivity index (χ3v) is 1.60. The minimum absolute atomic E-state index is 0.284. The summed E-state index contributed by atoms with van der Waals surface area (Å²) in [6.45, 7) is 3.35. The summed E-state index contributed by atoms with van der Waals surface area (Å²) in [4.78, 5) is 0. The maximum absolute atomic E-state index is 11.8. The number of benzene rings is 1. The Balaban J connectivity index is 2.74. The molecule has 1 rings (SSSR count). The Morgan fingerprint density at radius 3 is 2.36 bits per heavy atom. The first-order chi connectivity index (χ1) is 5.36. The lowest BCUT2D eigenvalue weighted by Gasteiger charge is -1.96. The van der Waals surface area contributed by atoms with Gasteiger partial charge in [-0.05, 0) is 11.1 Å². The van der Waals surface area contributed by atoms with Gasteiger partial charge in [0.2, 0.25) is 0 Å². The molecule has 0 spiro atoms. The van der Waals surface area contributed by atoms with Crippen molar-refractivity contribution in [1.82, 2.24) is 0 Å². The van der Waals surface area contributed by atoms with Crippen molar-refractivity contribution < 1.29 is 4.39 Å². The van der Waals surface area contributed by atoms with Crippen LogP contribution in [0.25, 0.3) is 6.08 Å². The molecule has 11 heavy (non-hydrogen) atoms. The Morgan fingerprint density at radius 1 is 1.27 bits per heavy atom. The van der Waals surface area contributed by atoms with Gasteiger partial charge in [-0.25, -0.2) is 0 Å². The molecule has 1 aromatic rings. The van der Waals surface area contributed by atoms with Gasteiger partial charge >= 0.3 is 0 Å². The van der Waals surface area contributed by atoms with Crippen molar-refractivity contribution in [3.63, 3.8) is 0 Å². The molecule has 0 bridgehead atoms. The number of alkyl halides is 1. The molecular formula is C10H11F. The van der Waals surface area contributed by atoms with Crippen LogP contribution in [0.3, 0.4) is 0 Å². The zero-order chi connectivity index (χ0) is 8.10. The van der Waals surface area contributed by atoms with Gasteiger partial charge in [-0.3, -0.25) is 4.39 Å². The van der Waals surface area contributed by atoms with Crippen molar-refractivity contribution in [2.45, 2.75) is 6.42 Å². The first-order valence-corrected chi connectivity index (χ1v) is 3.64. The van der Waals surface area contributed by atoms with Gasteiger partial charge in [-0.2, -0.15) is 0 Å². The molecule has 1 aromatic carbocycles. The molecule has 0 heterocycles. The third-order valence-electron chi connectivity index (χ3n) is 1.60. The molecule has 0 saturated carbocycles. The van der Waals surface area contributed by atoms with Crippen LogP contribution in [0.2, 0.25) is 0 Å². The summed E-state index contributed by atoms with van der Waals surface area (Å²) in [5, 5.41) is 0. The second-order valence-electron chi connectivity index (χ2n) is 2.38. The van der Waals surface area contributed by atoms with E-state index >= 15 is 0 Å². The van der Waals surface area contributed by atoms with Crippen LogP contribution in [-0.2, 0) is 6.42 Å². The molecule has 0 aliphatic rings. The highest BCUT2D eigenvalue weighted by Crippen LogP contribution is 2.05. The number of aryl methyl sites for hydroxylation is 1. The molecule has 0 nitrogen and oxygen atoms in total. The number of hydrogen-bond acceptors (Lipinski definition) is 0. The lowest BCUT2D eigenvalue weighted by Crippen LogP contribution is -1.85. The Hall–Kier alpha value is -1.11. The molecule has 0 radical (unpaired) electrons. The molecular weight excluding hydrogens is 139 g/mol. The standard InChI is InChI=1S/C10H11F/c1-2-9-3-5-10(6-4-9)7-8-11/h2-6H,1,7-8H2. The normalized spacial score (nSPS) is 9.55. The second-order valence-corrected chi connectivity index (χ2v) is 2.38. The van der Waals surface area contributed by atoms with Gasteiger partial charge in [0.05, 0.1) is 6.67 Å². The van der Waals surface area contributed by atoms with E-state index in [1.165, 1.54) is 0 Å². The highest BCUT2D eigenvalue weighted by Gasteiger charge is 1.90. The average Bonchev–Trinajstić information content (AvgIpc) is 2.07. The van der Waals surface area contributed by atoms with Crippen LogP contribution in [0.4, 0.5) is 4.39 Å². The monoisotopic (exact) mass is 150 g/mol. The van der Waals surface area contributed by atoms with Gasteiger partial charge in [-0.15, -0.1) is 0 Å². The fourth-order valence-electron chi connectivity index (χ4n) is 0.929. The highest BCUT2D eigenvalue weighted by molar-refractivity contribution is 5.47. The van der Waals surface area contributed by atoms with E-state index in [4.69, 9.17) is 0 Å². The SMILES string of the molecule is C=Cc1ccc(CCF)cc1. The molecule has 1 heteroatoms. The molecule has 0 aromatic heterocycles. The van der Waals surface area contributed by atoms with Crippen molar-refractivity contribution in [2.75, 3.05) is 6.67 Å². The maximum atomic E-state index is 11.8. The molecule has 0 fully saturated rings. The topological polar surface area (TPSA) is 0 Å². The van der Waals surface area contributed by atoms with Crippen molar-refractivity contribution in [3.05, 3.63) is 42.0 Å². The Bertz CT molecular complexity index is 223. The van der Waals surface area contributed by atoms with Crippen molar-refractivity contribution >= 4 is 6.08 Å². The van der Waals surface area contributed by atoms with Crippen LogP contribution < -0.4 is 0 Å². The lowest BCUT2D eigenvalue weighted by molar-refractivity contribution is 0.495. The predicted molar refractivity (Wildman–Crippen MR) is 46.2 cm³/mol. The smallest absolute Gasteiger partial charge is 0.0934 e. The summed E-state index contributed by atoms with van der Waals surface area (Å²) in [7, 11) is 0. The summed E-state index contributed by atoms with van der Waals surface area (Å²) in [6, 6.07) is 7.74. The van der Waals surface area contributed by atoms with Crippen LogP contribution in [0, 0.1) is 0 Å². The zero-order valence-electron chi connectivity index (χ0n) is 6.39. The van der Waals surface area contributed by atoms with Crippen molar-refractivity contribution in [3.8, 4) is 0 Å². The molecule has 58 valence electrons. The van der Waals surface area contributed by atoms with E-state index in [9.17, 15) is 4.39 Å². The van der Waals surface area contributed by atoms with E-state index < -0.39 is 0 Å². The van der Waals surface area contributed by atoms with Gasteiger partial charge in [0.1, 0.15) is 0 Å². The van der Waals surface area contributed by atoms with Crippen molar-refractivity contribution in [2.24, 2.45) is 0 Å². The minimum Gasteiger partial charge on any atom is -0.251 e. The van der Waals surface area contributed by atoms with Crippen LogP contribution >= 0.6 is 0 Å². The summed E-state index contributed by atoms with van der Waals surface area (Å²) >= 11 is 0. The van der Waals surface area contributed by atoms with E-state index in [0.717, 1.165) is 11.1 Å². The number of halogens is 1. The predicted octanol–water partition coefficient (Wildman–Crippen LogP) is 2.84.